The van der Waals surface area contributed by atoms with Gasteiger partial charge in [0.1, 0.15) is 0 Å². The Hall–Kier alpha value is -0.890. The first kappa shape index (κ1) is 12.2. The molecule has 0 aromatic carbocycles. The molecule has 0 unspecified atom stereocenters. The molecule has 0 saturated heterocycles. The molecule has 2 heteroatoms. The van der Waals surface area contributed by atoms with E-state index in [0.29, 0.717) is 6.04 Å². The number of hydrogen-bond acceptors (Lipinski definition) is 2. The lowest BCUT2D eigenvalue weighted by atomic mass is 10.2. The molecule has 0 radical (unpaired) electrons. The second-order valence-corrected chi connectivity index (χ2v) is 3.99. The third kappa shape index (κ3) is 4.93. The minimum absolute atomic E-state index is 0.368. The Morgan fingerprint density at radius 3 is 2.80 bits per heavy atom. The fourth-order valence-electron chi connectivity index (χ4n) is 1.61. The lowest BCUT2D eigenvalue weighted by Crippen LogP contribution is -2.20. The highest BCUT2D eigenvalue weighted by Crippen LogP contribution is 2.08. The van der Waals surface area contributed by atoms with Gasteiger partial charge in [-0.15, -0.1) is 0 Å². The highest BCUT2D eigenvalue weighted by Gasteiger charge is 2.03. The summed E-state index contributed by atoms with van der Waals surface area (Å²) < 4.78 is 0. The maximum absolute atomic E-state index is 4.33. The van der Waals surface area contributed by atoms with E-state index in [1.54, 1.807) is 0 Å². The van der Waals surface area contributed by atoms with E-state index in [4.69, 9.17) is 0 Å². The van der Waals surface area contributed by atoms with Crippen molar-refractivity contribution in [3.05, 3.63) is 30.1 Å². The molecule has 0 spiro atoms. The van der Waals surface area contributed by atoms with E-state index in [2.05, 4.69) is 30.2 Å². The summed E-state index contributed by atoms with van der Waals surface area (Å²) in [5.41, 5.74) is 1.13. The molecule has 0 fully saturated rings. The maximum Gasteiger partial charge on any atom is 0.0570 e. The second kappa shape index (κ2) is 7.41. The number of nitrogens with zero attached hydrogens (tertiary/aromatic N) is 1. The van der Waals surface area contributed by atoms with Crippen LogP contribution in [0, 0.1) is 0 Å². The Labute approximate surface area is 93.1 Å². The number of pyridine rings is 1. The third-order valence-corrected chi connectivity index (χ3v) is 2.61. The van der Waals surface area contributed by atoms with Crippen LogP contribution in [0.3, 0.4) is 0 Å². The molecule has 0 bridgehead atoms. The van der Waals surface area contributed by atoms with Crippen molar-refractivity contribution >= 4 is 0 Å². The smallest absolute Gasteiger partial charge is 0.0570 e. The molecule has 1 rings (SSSR count). The Balaban J connectivity index is 2.16. The molecule has 0 aliphatic carbocycles. The van der Waals surface area contributed by atoms with Gasteiger partial charge in [0, 0.05) is 12.2 Å². The minimum atomic E-state index is 0.368. The molecule has 0 saturated carbocycles. The van der Waals surface area contributed by atoms with Crippen LogP contribution < -0.4 is 5.32 Å². The average molecular weight is 206 g/mol. The molecular formula is C13H22N2. The van der Waals surface area contributed by atoms with Gasteiger partial charge in [0.2, 0.25) is 0 Å². The van der Waals surface area contributed by atoms with Crippen molar-refractivity contribution in [1.82, 2.24) is 10.3 Å². The van der Waals surface area contributed by atoms with Crippen molar-refractivity contribution in [1.29, 1.82) is 0 Å². The van der Waals surface area contributed by atoms with Crippen LogP contribution in [-0.4, -0.2) is 11.5 Å². The van der Waals surface area contributed by atoms with Gasteiger partial charge in [0.15, 0.2) is 0 Å². The highest BCUT2D eigenvalue weighted by atomic mass is 14.9. The summed E-state index contributed by atoms with van der Waals surface area (Å²) in [5.74, 6) is 0. The Kier molecular flexibility index (Phi) is 6.02. The summed E-state index contributed by atoms with van der Waals surface area (Å²) in [6, 6.07) is 6.44. The van der Waals surface area contributed by atoms with Crippen molar-refractivity contribution < 1.29 is 0 Å². The average Bonchev–Trinajstić information content (AvgIpc) is 2.30. The number of aromatic nitrogens is 1. The van der Waals surface area contributed by atoms with Crippen LogP contribution in [0.2, 0.25) is 0 Å². The molecule has 0 amide bonds. The van der Waals surface area contributed by atoms with Gasteiger partial charge >= 0.3 is 0 Å². The second-order valence-electron chi connectivity index (χ2n) is 3.99. The van der Waals surface area contributed by atoms with Crippen LogP contribution in [-0.2, 0) is 0 Å². The van der Waals surface area contributed by atoms with Gasteiger partial charge in [0.25, 0.3) is 0 Å². The monoisotopic (exact) mass is 206 g/mol. The molecule has 1 aromatic rings. The fourth-order valence-corrected chi connectivity index (χ4v) is 1.61. The molecule has 1 aromatic heterocycles. The zero-order chi connectivity index (χ0) is 10.9. The Morgan fingerprint density at radius 1 is 1.27 bits per heavy atom. The zero-order valence-corrected chi connectivity index (χ0v) is 9.87. The largest absolute Gasteiger partial charge is 0.309 e. The predicted octanol–water partition coefficient (Wildman–Crippen LogP) is 3.31. The molecule has 0 aliphatic rings. The predicted molar refractivity (Wildman–Crippen MR) is 64.8 cm³/mol. The summed E-state index contributed by atoms with van der Waals surface area (Å²) in [5, 5.41) is 3.50. The topological polar surface area (TPSA) is 24.9 Å². The van der Waals surface area contributed by atoms with Crippen molar-refractivity contribution in [3.8, 4) is 0 Å². The summed E-state index contributed by atoms with van der Waals surface area (Å²) in [4.78, 5) is 4.33. The van der Waals surface area contributed by atoms with Crippen LogP contribution in [0.4, 0.5) is 0 Å². The SMILES string of the molecule is CCCCCCN[C@@H](C)c1ccccn1. The normalized spacial score (nSPS) is 12.7. The molecule has 15 heavy (non-hydrogen) atoms. The van der Waals surface area contributed by atoms with Crippen LogP contribution in [0.1, 0.15) is 51.3 Å². The van der Waals surface area contributed by atoms with Gasteiger partial charge in [-0.1, -0.05) is 32.3 Å². The molecule has 1 N–H and O–H groups in total. The molecule has 84 valence electrons. The van der Waals surface area contributed by atoms with E-state index in [-0.39, 0.29) is 0 Å². The van der Waals surface area contributed by atoms with E-state index in [1.165, 1.54) is 25.7 Å². The molecule has 2 nitrogen and oxygen atoms in total. The van der Waals surface area contributed by atoms with E-state index in [0.717, 1.165) is 12.2 Å². The molecule has 1 atom stereocenters. The van der Waals surface area contributed by atoms with Crippen LogP contribution >= 0.6 is 0 Å². The van der Waals surface area contributed by atoms with E-state index in [9.17, 15) is 0 Å². The Bertz CT molecular complexity index is 246. The van der Waals surface area contributed by atoms with Gasteiger partial charge in [0.05, 0.1) is 5.69 Å². The quantitative estimate of drug-likeness (QED) is 0.692. The van der Waals surface area contributed by atoms with Crippen molar-refractivity contribution in [2.75, 3.05) is 6.54 Å². The summed E-state index contributed by atoms with van der Waals surface area (Å²) in [6.07, 6.45) is 7.10. The van der Waals surface area contributed by atoms with Gasteiger partial charge in [-0.05, 0) is 32.0 Å². The van der Waals surface area contributed by atoms with Gasteiger partial charge in [-0.2, -0.15) is 0 Å². The van der Waals surface area contributed by atoms with E-state index < -0.39 is 0 Å². The summed E-state index contributed by atoms with van der Waals surface area (Å²) in [6.45, 7) is 5.50. The first-order chi connectivity index (χ1) is 7.34. The highest BCUT2D eigenvalue weighted by molar-refractivity contribution is 5.07. The summed E-state index contributed by atoms with van der Waals surface area (Å²) in [7, 11) is 0. The van der Waals surface area contributed by atoms with Crippen LogP contribution in [0.25, 0.3) is 0 Å². The molecular weight excluding hydrogens is 184 g/mol. The minimum Gasteiger partial charge on any atom is -0.309 e. The number of rotatable bonds is 7. The van der Waals surface area contributed by atoms with Crippen LogP contribution in [0.5, 0.6) is 0 Å². The first-order valence-electron chi connectivity index (χ1n) is 5.99. The van der Waals surface area contributed by atoms with Crippen molar-refractivity contribution in [2.45, 2.75) is 45.6 Å². The fraction of sp³-hybridized carbons (Fsp3) is 0.615. The Morgan fingerprint density at radius 2 is 2.13 bits per heavy atom. The number of hydrogen-bond donors (Lipinski definition) is 1. The lowest BCUT2D eigenvalue weighted by molar-refractivity contribution is 0.528. The number of nitrogens with one attached hydrogen (secondary N) is 1. The number of unbranched alkanes of at least 4 members (excludes halogenated alkanes) is 3. The zero-order valence-electron chi connectivity index (χ0n) is 9.87. The van der Waals surface area contributed by atoms with Crippen LogP contribution in [0.15, 0.2) is 24.4 Å². The van der Waals surface area contributed by atoms with Crippen molar-refractivity contribution in [3.63, 3.8) is 0 Å². The molecule has 1 heterocycles. The van der Waals surface area contributed by atoms with E-state index in [1.807, 2.05) is 18.3 Å². The van der Waals surface area contributed by atoms with Gasteiger partial charge < -0.3 is 5.32 Å². The third-order valence-electron chi connectivity index (χ3n) is 2.61. The van der Waals surface area contributed by atoms with E-state index >= 15 is 0 Å². The standard InChI is InChI=1S/C13H22N2/c1-3-4-5-7-10-14-12(2)13-9-6-8-11-15-13/h6,8-9,11-12,14H,3-5,7,10H2,1-2H3/t12-/m0/s1. The lowest BCUT2D eigenvalue weighted by Gasteiger charge is -2.12. The molecule has 0 aliphatic heterocycles. The first-order valence-corrected chi connectivity index (χ1v) is 5.99. The van der Waals surface area contributed by atoms with Gasteiger partial charge in [-0.25, -0.2) is 0 Å². The van der Waals surface area contributed by atoms with Crippen molar-refractivity contribution in [2.24, 2.45) is 0 Å². The summed E-state index contributed by atoms with van der Waals surface area (Å²) >= 11 is 0. The van der Waals surface area contributed by atoms with Gasteiger partial charge in [-0.3, -0.25) is 4.98 Å². The maximum atomic E-state index is 4.33.